The van der Waals surface area contributed by atoms with Crippen LogP contribution < -0.4 is 10.7 Å². The topological polar surface area (TPSA) is 68.2 Å². The third-order valence-corrected chi connectivity index (χ3v) is 3.31. The summed E-state index contributed by atoms with van der Waals surface area (Å²) in [6.07, 6.45) is 3.35. The predicted molar refractivity (Wildman–Crippen MR) is 68.5 cm³/mol. The molecule has 17 heavy (non-hydrogen) atoms. The molecular formula is C12H24N4O. The number of amides is 1. The Morgan fingerprint density at radius 1 is 1.18 bits per heavy atom. The van der Waals surface area contributed by atoms with Gasteiger partial charge in [0.2, 0.25) is 11.9 Å². The number of nitrogens with zero attached hydrogens (tertiary/aromatic N) is 1. The Labute approximate surface area is 103 Å². The van der Waals surface area contributed by atoms with E-state index >= 15 is 0 Å². The lowest BCUT2D eigenvalue weighted by Crippen LogP contribution is -2.66. The van der Waals surface area contributed by atoms with Crippen LogP contribution in [0.5, 0.6) is 0 Å². The maximum Gasteiger partial charge on any atom is 0.223 e. The Kier molecular flexibility index (Phi) is 3.81. The minimum absolute atomic E-state index is 0.0213. The summed E-state index contributed by atoms with van der Waals surface area (Å²) in [5.41, 5.74) is 2.97. The molecule has 1 rings (SSSR count). The number of piperidine rings is 1. The number of carbonyl (C=O) groups excluding carboxylic acids is 1. The first-order valence-electron chi connectivity index (χ1n) is 6.08. The van der Waals surface area contributed by atoms with Crippen LogP contribution in [0.15, 0.2) is 0 Å². The molecule has 0 aliphatic carbocycles. The van der Waals surface area contributed by atoms with Crippen LogP contribution in [0, 0.1) is 5.41 Å². The second kappa shape index (κ2) is 4.64. The summed E-state index contributed by atoms with van der Waals surface area (Å²) in [5, 5.41) is 12.3. The molecule has 0 atom stereocenters. The molecule has 5 heteroatoms. The highest BCUT2D eigenvalue weighted by atomic mass is 16.1. The quantitative estimate of drug-likeness (QED) is 0.482. The minimum atomic E-state index is -0.227. The van der Waals surface area contributed by atoms with Crippen LogP contribution in [0.3, 0.4) is 0 Å². The van der Waals surface area contributed by atoms with E-state index in [4.69, 9.17) is 5.41 Å². The van der Waals surface area contributed by atoms with Crippen molar-refractivity contribution in [3.63, 3.8) is 0 Å². The first-order chi connectivity index (χ1) is 7.65. The zero-order chi connectivity index (χ0) is 13.3. The van der Waals surface area contributed by atoms with Gasteiger partial charge in [-0.3, -0.25) is 20.9 Å². The lowest BCUT2D eigenvalue weighted by atomic mass is 9.82. The monoisotopic (exact) mass is 240 g/mol. The molecule has 3 N–H and O–H groups in total. The van der Waals surface area contributed by atoms with E-state index in [2.05, 4.69) is 43.4 Å². The van der Waals surface area contributed by atoms with Gasteiger partial charge in [-0.05, 0) is 47.0 Å². The number of hydrazine groups is 1. The van der Waals surface area contributed by atoms with Crippen molar-refractivity contribution in [1.82, 2.24) is 15.8 Å². The van der Waals surface area contributed by atoms with Crippen LogP contribution >= 0.6 is 0 Å². The van der Waals surface area contributed by atoms with E-state index in [0.717, 1.165) is 12.8 Å². The van der Waals surface area contributed by atoms with Crippen LogP contribution in [0.4, 0.5) is 0 Å². The molecule has 98 valence electrons. The smallest absolute Gasteiger partial charge is 0.223 e. The summed E-state index contributed by atoms with van der Waals surface area (Å²) in [6.45, 7) is 10.0. The number of nitrogens with one attached hydrogen (secondary N) is 3. The number of hydrogen-bond acceptors (Lipinski definition) is 3. The molecule has 1 saturated heterocycles. The Hall–Kier alpha value is -1.10. The van der Waals surface area contributed by atoms with E-state index in [1.54, 1.807) is 0 Å². The lowest BCUT2D eigenvalue weighted by molar-refractivity contribution is -0.118. The summed E-state index contributed by atoms with van der Waals surface area (Å²) >= 11 is 0. The van der Waals surface area contributed by atoms with Crippen molar-refractivity contribution in [2.24, 2.45) is 0 Å². The van der Waals surface area contributed by atoms with E-state index in [1.165, 1.54) is 13.3 Å². The maximum atomic E-state index is 10.9. The number of carbonyl (C=O) groups is 1. The molecule has 0 aromatic rings. The van der Waals surface area contributed by atoms with Gasteiger partial charge in [0, 0.05) is 18.0 Å². The normalized spacial score (nSPS) is 22.9. The van der Waals surface area contributed by atoms with Crippen LogP contribution in [0.25, 0.3) is 0 Å². The molecule has 0 spiro atoms. The SMILES string of the molecule is CC(=O)NC(=N)NN1C(C)(C)CCCC1(C)C. The predicted octanol–water partition coefficient (Wildman–Crippen LogP) is 1.60. The number of hydrogen-bond donors (Lipinski definition) is 3. The van der Waals surface area contributed by atoms with E-state index < -0.39 is 0 Å². The second-order valence-corrected chi connectivity index (χ2v) is 5.98. The fourth-order valence-electron chi connectivity index (χ4n) is 2.62. The zero-order valence-corrected chi connectivity index (χ0v) is 11.5. The number of guanidine groups is 1. The molecule has 0 bridgehead atoms. The average molecular weight is 240 g/mol. The Morgan fingerprint density at radius 2 is 1.65 bits per heavy atom. The van der Waals surface area contributed by atoms with Crippen LogP contribution in [-0.2, 0) is 4.79 Å². The van der Waals surface area contributed by atoms with Crippen molar-refractivity contribution < 1.29 is 4.79 Å². The molecule has 1 aliphatic rings. The molecule has 1 fully saturated rings. The van der Waals surface area contributed by atoms with Crippen LogP contribution in [0.2, 0.25) is 0 Å². The molecule has 0 aromatic carbocycles. The Morgan fingerprint density at radius 3 is 2.06 bits per heavy atom. The first kappa shape index (κ1) is 14.0. The largest absolute Gasteiger partial charge is 0.296 e. The molecule has 0 radical (unpaired) electrons. The fourth-order valence-corrected chi connectivity index (χ4v) is 2.62. The van der Waals surface area contributed by atoms with E-state index in [-0.39, 0.29) is 22.9 Å². The lowest BCUT2D eigenvalue weighted by Gasteiger charge is -2.52. The van der Waals surface area contributed by atoms with Crippen molar-refractivity contribution in [2.45, 2.75) is 65.0 Å². The van der Waals surface area contributed by atoms with Gasteiger partial charge in [0.1, 0.15) is 0 Å². The van der Waals surface area contributed by atoms with Gasteiger partial charge in [0.25, 0.3) is 0 Å². The van der Waals surface area contributed by atoms with Gasteiger partial charge < -0.3 is 0 Å². The van der Waals surface area contributed by atoms with Gasteiger partial charge in [-0.15, -0.1) is 0 Å². The van der Waals surface area contributed by atoms with Crippen molar-refractivity contribution in [3.8, 4) is 0 Å². The first-order valence-corrected chi connectivity index (χ1v) is 6.08. The fraction of sp³-hybridized carbons (Fsp3) is 0.833. The highest BCUT2D eigenvalue weighted by molar-refractivity contribution is 5.94. The molecular weight excluding hydrogens is 216 g/mol. The van der Waals surface area contributed by atoms with E-state index in [9.17, 15) is 4.79 Å². The van der Waals surface area contributed by atoms with Crippen molar-refractivity contribution in [2.75, 3.05) is 0 Å². The standard InChI is InChI=1S/C12H24N4O/c1-9(17)14-10(13)15-16-11(2,3)7-6-8-12(16,4)5/h6-8H2,1-5H3,(H3,13,14,15,17). The van der Waals surface area contributed by atoms with Crippen LogP contribution in [0.1, 0.15) is 53.9 Å². The van der Waals surface area contributed by atoms with Crippen molar-refractivity contribution in [3.05, 3.63) is 0 Å². The van der Waals surface area contributed by atoms with E-state index in [0.29, 0.717) is 0 Å². The summed E-state index contributed by atoms with van der Waals surface area (Å²) in [6, 6.07) is 0. The molecule has 0 aromatic heterocycles. The number of rotatable bonds is 1. The summed E-state index contributed by atoms with van der Waals surface area (Å²) in [7, 11) is 0. The van der Waals surface area contributed by atoms with Gasteiger partial charge in [0.15, 0.2) is 0 Å². The van der Waals surface area contributed by atoms with Gasteiger partial charge in [0.05, 0.1) is 0 Å². The molecule has 0 saturated carbocycles. The summed E-state index contributed by atoms with van der Waals surface area (Å²) in [4.78, 5) is 10.9. The van der Waals surface area contributed by atoms with E-state index in [1.807, 2.05) is 0 Å². The van der Waals surface area contributed by atoms with Gasteiger partial charge >= 0.3 is 0 Å². The summed E-state index contributed by atoms with van der Waals surface area (Å²) < 4.78 is 0. The molecule has 5 nitrogen and oxygen atoms in total. The van der Waals surface area contributed by atoms with Crippen LogP contribution in [-0.4, -0.2) is 28.0 Å². The van der Waals surface area contributed by atoms with Crippen molar-refractivity contribution in [1.29, 1.82) is 5.41 Å². The van der Waals surface area contributed by atoms with Gasteiger partial charge in [-0.25, -0.2) is 5.01 Å². The third-order valence-electron chi connectivity index (χ3n) is 3.31. The second-order valence-electron chi connectivity index (χ2n) is 5.98. The molecule has 0 unspecified atom stereocenters. The molecule has 1 aliphatic heterocycles. The maximum absolute atomic E-state index is 10.9. The Bertz CT molecular complexity index is 306. The van der Waals surface area contributed by atoms with Gasteiger partial charge in [-0.1, -0.05) is 0 Å². The minimum Gasteiger partial charge on any atom is -0.296 e. The Balaban J connectivity index is 2.77. The third kappa shape index (κ3) is 3.43. The molecule has 1 heterocycles. The highest BCUT2D eigenvalue weighted by Gasteiger charge is 2.41. The highest BCUT2D eigenvalue weighted by Crippen LogP contribution is 2.36. The molecule has 1 amide bonds. The van der Waals surface area contributed by atoms with Gasteiger partial charge in [-0.2, -0.15) is 0 Å². The van der Waals surface area contributed by atoms with Crippen molar-refractivity contribution >= 4 is 11.9 Å². The summed E-state index contributed by atoms with van der Waals surface area (Å²) in [5.74, 6) is -0.185. The average Bonchev–Trinajstić information content (AvgIpc) is 2.09. The zero-order valence-electron chi connectivity index (χ0n) is 11.5.